The molecule has 1 aromatic heterocycles. The van der Waals surface area contributed by atoms with Crippen LogP contribution in [0.25, 0.3) is 10.9 Å². The number of anilines is 1. The summed E-state index contributed by atoms with van der Waals surface area (Å²) in [5.41, 5.74) is -1.28. The van der Waals surface area contributed by atoms with E-state index in [1.165, 1.54) is 25.1 Å². The van der Waals surface area contributed by atoms with Crippen LogP contribution in [0, 0.1) is 6.92 Å². The Balaban J connectivity index is 1.93. The molecule has 3 aromatic rings. The lowest BCUT2D eigenvalue weighted by Gasteiger charge is -2.22. The molecule has 0 bridgehead atoms. The van der Waals surface area contributed by atoms with Gasteiger partial charge in [-0.25, -0.2) is 9.78 Å². The van der Waals surface area contributed by atoms with Gasteiger partial charge in [0.25, 0.3) is 5.56 Å². The SMILES string of the molecule is Cc1nc2cc(C(F)(F)F)c(C(C)Nc3ccc(C(=O)OC(C)(C)C)cc3)cc2c(=O)[nH]1. The van der Waals surface area contributed by atoms with Crippen LogP contribution in [-0.4, -0.2) is 21.5 Å². The lowest BCUT2D eigenvalue weighted by Crippen LogP contribution is -2.23. The molecule has 1 unspecified atom stereocenters. The van der Waals surface area contributed by atoms with Crippen molar-refractivity contribution in [1.82, 2.24) is 9.97 Å². The van der Waals surface area contributed by atoms with Crippen molar-refractivity contribution >= 4 is 22.6 Å². The maximum Gasteiger partial charge on any atom is 0.416 e. The number of aromatic amines is 1. The number of rotatable bonds is 4. The Morgan fingerprint density at radius 2 is 1.75 bits per heavy atom. The zero-order valence-corrected chi connectivity index (χ0v) is 18.3. The van der Waals surface area contributed by atoms with Crippen LogP contribution in [0.2, 0.25) is 0 Å². The zero-order chi connectivity index (χ0) is 23.8. The first-order chi connectivity index (χ1) is 14.7. The normalized spacial score (nSPS) is 13.1. The van der Waals surface area contributed by atoms with Crippen LogP contribution in [0.15, 0.2) is 41.2 Å². The third-order valence-corrected chi connectivity index (χ3v) is 4.67. The molecule has 6 nitrogen and oxygen atoms in total. The van der Waals surface area contributed by atoms with Crippen LogP contribution < -0.4 is 10.9 Å². The number of aromatic nitrogens is 2. The first-order valence-electron chi connectivity index (χ1n) is 9.96. The highest BCUT2D eigenvalue weighted by Gasteiger charge is 2.35. The van der Waals surface area contributed by atoms with Gasteiger partial charge in [-0.2, -0.15) is 13.2 Å². The average Bonchev–Trinajstić information content (AvgIpc) is 2.65. The van der Waals surface area contributed by atoms with Crippen LogP contribution in [0.3, 0.4) is 0 Å². The molecule has 0 saturated carbocycles. The predicted octanol–water partition coefficient (Wildman–Crippen LogP) is 5.38. The summed E-state index contributed by atoms with van der Waals surface area (Å²) in [5, 5.41) is 3.07. The van der Waals surface area contributed by atoms with Gasteiger partial charge in [0.15, 0.2) is 0 Å². The van der Waals surface area contributed by atoms with Crippen molar-refractivity contribution in [3.8, 4) is 0 Å². The second-order valence-electron chi connectivity index (χ2n) is 8.55. The van der Waals surface area contributed by atoms with Crippen LogP contribution >= 0.6 is 0 Å². The molecule has 0 aliphatic heterocycles. The van der Waals surface area contributed by atoms with E-state index in [0.717, 1.165) is 6.07 Å². The Morgan fingerprint density at radius 1 is 1.12 bits per heavy atom. The minimum absolute atomic E-state index is 0.0174. The van der Waals surface area contributed by atoms with Crippen LogP contribution in [0.5, 0.6) is 0 Å². The van der Waals surface area contributed by atoms with Crippen molar-refractivity contribution < 1.29 is 22.7 Å². The number of ether oxygens (including phenoxy) is 1. The molecule has 0 aliphatic carbocycles. The molecule has 2 aromatic carbocycles. The van der Waals surface area contributed by atoms with Crippen molar-refractivity contribution in [3.63, 3.8) is 0 Å². The van der Waals surface area contributed by atoms with E-state index in [9.17, 15) is 22.8 Å². The lowest BCUT2D eigenvalue weighted by atomic mass is 9.98. The number of H-pyrrole nitrogens is 1. The Bertz CT molecular complexity index is 1210. The standard InChI is InChI=1S/C23H24F3N3O3/c1-12(27-15-8-6-14(7-9-15)21(31)32-22(3,4)5)16-10-17-19(11-18(16)23(24,25)26)28-13(2)29-20(17)30/h6-12,27H,1-5H3,(H,28,29,30). The van der Waals surface area contributed by atoms with E-state index < -0.39 is 34.9 Å². The summed E-state index contributed by atoms with van der Waals surface area (Å²) >= 11 is 0. The number of nitrogens with zero attached hydrogens (tertiary/aromatic N) is 1. The Labute approximate surface area is 182 Å². The molecule has 0 fully saturated rings. The fourth-order valence-electron chi connectivity index (χ4n) is 3.29. The maximum atomic E-state index is 13.8. The number of fused-ring (bicyclic) bond motifs is 1. The number of halogens is 3. The number of nitrogens with one attached hydrogen (secondary N) is 2. The molecule has 1 heterocycles. The summed E-state index contributed by atoms with van der Waals surface area (Å²) in [6.45, 7) is 8.34. The largest absolute Gasteiger partial charge is 0.456 e. The first kappa shape index (κ1) is 23.3. The zero-order valence-electron chi connectivity index (χ0n) is 18.3. The quantitative estimate of drug-likeness (QED) is 0.525. The molecular weight excluding hydrogens is 423 g/mol. The van der Waals surface area contributed by atoms with E-state index in [4.69, 9.17) is 4.74 Å². The molecule has 170 valence electrons. The Morgan fingerprint density at radius 3 is 2.31 bits per heavy atom. The van der Waals surface area contributed by atoms with E-state index >= 15 is 0 Å². The third kappa shape index (κ3) is 5.27. The third-order valence-electron chi connectivity index (χ3n) is 4.67. The highest BCUT2D eigenvalue weighted by atomic mass is 19.4. The van der Waals surface area contributed by atoms with Gasteiger partial charge in [0.05, 0.1) is 22.0 Å². The number of carbonyl (C=O) groups excluding carboxylic acids is 1. The van der Waals surface area contributed by atoms with Crippen LogP contribution in [0.1, 0.15) is 61.0 Å². The van der Waals surface area contributed by atoms with Gasteiger partial charge in [0.2, 0.25) is 0 Å². The van der Waals surface area contributed by atoms with Gasteiger partial charge in [-0.15, -0.1) is 0 Å². The average molecular weight is 447 g/mol. The lowest BCUT2D eigenvalue weighted by molar-refractivity contribution is -0.138. The molecule has 0 spiro atoms. The van der Waals surface area contributed by atoms with Gasteiger partial charge in [-0.1, -0.05) is 0 Å². The minimum atomic E-state index is -4.63. The van der Waals surface area contributed by atoms with Gasteiger partial charge in [-0.3, -0.25) is 4.79 Å². The van der Waals surface area contributed by atoms with Gasteiger partial charge in [-0.05, 0) is 76.6 Å². The monoisotopic (exact) mass is 447 g/mol. The van der Waals surface area contributed by atoms with Gasteiger partial charge < -0.3 is 15.0 Å². The van der Waals surface area contributed by atoms with Crippen molar-refractivity contribution in [2.24, 2.45) is 0 Å². The van der Waals surface area contributed by atoms with Crippen molar-refractivity contribution in [3.05, 3.63) is 69.3 Å². The van der Waals surface area contributed by atoms with E-state index in [-0.39, 0.29) is 22.3 Å². The first-order valence-corrected chi connectivity index (χ1v) is 9.96. The van der Waals surface area contributed by atoms with E-state index in [2.05, 4.69) is 15.3 Å². The number of esters is 1. The van der Waals surface area contributed by atoms with Crippen LogP contribution in [-0.2, 0) is 10.9 Å². The van der Waals surface area contributed by atoms with Crippen molar-refractivity contribution in [2.45, 2.75) is 52.4 Å². The number of benzene rings is 2. The fraction of sp³-hybridized carbons (Fsp3) is 0.348. The molecule has 0 radical (unpaired) electrons. The summed E-state index contributed by atoms with van der Waals surface area (Å²) in [7, 11) is 0. The maximum absolute atomic E-state index is 13.8. The van der Waals surface area contributed by atoms with Gasteiger partial charge in [0, 0.05) is 11.7 Å². The smallest absolute Gasteiger partial charge is 0.416 e. The number of hydrogen-bond donors (Lipinski definition) is 2. The summed E-state index contributed by atoms with van der Waals surface area (Å²) < 4.78 is 46.6. The number of hydrogen-bond acceptors (Lipinski definition) is 5. The summed E-state index contributed by atoms with van der Waals surface area (Å²) in [5.74, 6) is -0.257. The highest BCUT2D eigenvalue weighted by molar-refractivity contribution is 5.90. The number of carbonyl (C=O) groups is 1. The van der Waals surface area contributed by atoms with Gasteiger partial charge >= 0.3 is 12.1 Å². The topological polar surface area (TPSA) is 84.1 Å². The highest BCUT2D eigenvalue weighted by Crippen LogP contribution is 2.37. The second-order valence-corrected chi connectivity index (χ2v) is 8.55. The molecule has 3 rings (SSSR count). The number of aryl methyl sites for hydroxylation is 1. The Kier molecular flexibility index (Phi) is 6.04. The molecule has 1 atom stereocenters. The second kappa shape index (κ2) is 8.29. The summed E-state index contributed by atoms with van der Waals surface area (Å²) in [6.07, 6.45) is -4.63. The predicted molar refractivity (Wildman–Crippen MR) is 116 cm³/mol. The summed E-state index contributed by atoms with van der Waals surface area (Å²) in [4.78, 5) is 30.9. The molecule has 0 saturated heterocycles. The number of alkyl halides is 3. The fourth-order valence-corrected chi connectivity index (χ4v) is 3.29. The van der Waals surface area contributed by atoms with E-state index in [1.807, 2.05) is 0 Å². The summed E-state index contributed by atoms with van der Waals surface area (Å²) in [6, 6.07) is 7.57. The molecule has 0 aliphatic rings. The van der Waals surface area contributed by atoms with Crippen LogP contribution in [0.4, 0.5) is 18.9 Å². The molecule has 2 N–H and O–H groups in total. The van der Waals surface area contributed by atoms with Crippen molar-refractivity contribution in [1.29, 1.82) is 0 Å². The molecule has 9 heteroatoms. The van der Waals surface area contributed by atoms with Gasteiger partial charge in [0.1, 0.15) is 11.4 Å². The van der Waals surface area contributed by atoms with E-state index in [1.54, 1.807) is 39.8 Å². The minimum Gasteiger partial charge on any atom is -0.456 e. The molecule has 0 amide bonds. The Hall–Kier alpha value is -3.36. The molecular formula is C23H24F3N3O3. The molecule has 32 heavy (non-hydrogen) atoms. The van der Waals surface area contributed by atoms with E-state index in [0.29, 0.717) is 11.3 Å². The van der Waals surface area contributed by atoms with Crippen molar-refractivity contribution in [2.75, 3.05) is 5.32 Å².